The van der Waals surface area contributed by atoms with Gasteiger partial charge in [0.15, 0.2) is 0 Å². The Morgan fingerprint density at radius 2 is 1.96 bits per heavy atom. The standard InChI is InChI=1S/C18H32N6O/c1-14(2)20-18(25)24-6-5-16(23-9-7-21(3)8-10-23)17(24)11-15-12-19-22(4)13-15/h12-14,16-17H,5-11H2,1-4H3,(H,20,25)/t16-,17+/m0/s1. The second-order valence-corrected chi connectivity index (χ2v) is 7.79. The van der Waals surface area contributed by atoms with Gasteiger partial charge in [-0.05, 0) is 39.3 Å². The van der Waals surface area contributed by atoms with Gasteiger partial charge in [-0.25, -0.2) is 4.79 Å². The van der Waals surface area contributed by atoms with Crippen molar-refractivity contribution in [3.63, 3.8) is 0 Å². The summed E-state index contributed by atoms with van der Waals surface area (Å²) in [4.78, 5) is 19.7. The number of urea groups is 1. The summed E-state index contributed by atoms with van der Waals surface area (Å²) in [6, 6.07) is 0.882. The molecule has 2 aliphatic rings. The summed E-state index contributed by atoms with van der Waals surface area (Å²) in [5.41, 5.74) is 1.20. The van der Waals surface area contributed by atoms with E-state index in [9.17, 15) is 4.79 Å². The molecule has 0 bridgehead atoms. The fourth-order valence-corrected chi connectivity index (χ4v) is 4.06. The van der Waals surface area contributed by atoms with Crippen molar-refractivity contribution in [2.75, 3.05) is 39.8 Å². The number of carbonyl (C=O) groups is 1. The molecule has 25 heavy (non-hydrogen) atoms. The Morgan fingerprint density at radius 3 is 2.56 bits per heavy atom. The molecule has 2 atom stereocenters. The third-order valence-corrected chi connectivity index (χ3v) is 5.39. The first-order valence-corrected chi connectivity index (χ1v) is 9.41. The monoisotopic (exact) mass is 348 g/mol. The van der Waals surface area contributed by atoms with E-state index in [1.165, 1.54) is 5.56 Å². The first kappa shape index (κ1) is 18.2. The smallest absolute Gasteiger partial charge is 0.317 e. The minimum atomic E-state index is 0.0699. The van der Waals surface area contributed by atoms with Crippen molar-refractivity contribution in [1.29, 1.82) is 0 Å². The molecule has 0 aromatic carbocycles. The van der Waals surface area contributed by atoms with E-state index in [2.05, 4.69) is 38.4 Å². The summed E-state index contributed by atoms with van der Waals surface area (Å²) >= 11 is 0. The summed E-state index contributed by atoms with van der Waals surface area (Å²) in [7, 11) is 4.13. The maximum absolute atomic E-state index is 12.7. The fourth-order valence-electron chi connectivity index (χ4n) is 4.06. The minimum absolute atomic E-state index is 0.0699. The number of carbonyl (C=O) groups excluding carboxylic acids is 1. The molecule has 0 saturated carbocycles. The van der Waals surface area contributed by atoms with Crippen molar-refractivity contribution < 1.29 is 4.79 Å². The van der Waals surface area contributed by atoms with Crippen molar-refractivity contribution in [2.45, 2.75) is 44.8 Å². The third-order valence-electron chi connectivity index (χ3n) is 5.39. The van der Waals surface area contributed by atoms with Gasteiger partial charge in [-0.2, -0.15) is 5.10 Å². The predicted octanol–water partition coefficient (Wildman–Crippen LogP) is 0.771. The summed E-state index contributed by atoms with van der Waals surface area (Å²) in [5, 5.41) is 7.38. The Morgan fingerprint density at radius 1 is 1.24 bits per heavy atom. The molecule has 3 rings (SSSR count). The number of aryl methyl sites for hydroxylation is 1. The van der Waals surface area contributed by atoms with Crippen LogP contribution in [0.2, 0.25) is 0 Å². The Kier molecular flexibility index (Phi) is 5.64. The molecule has 2 fully saturated rings. The number of nitrogens with zero attached hydrogens (tertiary/aromatic N) is 5. The number of hydrogen-bond acceptors (Lipinski definition) is 4. The molecule has 1 aromatic rings. The van der Waals surface area contributed by atoms with Crippen LogP contribution in [-0.4, -0.2) is 88.4 Å². The molecular formula is C18H32N6O. The van der Waals surface area contributed by atoms with E-state index in [0.29, 0.717) is 6.04 Å². The SMILES string of the molecule is CC(C)NC(=O)N1CC[C@H](N2CCN(C)CC2)[C@H]1Cc1cnn(C)c1. The average Bonchev–Trinajstić information content (AvgIpc) is 3.14. The van der Waals surface area contributed by atoms with Crippen LogP contribution in [0.15, 0.2) is 12.4 Å². The highest BCUT2D eigenvalue weighted by Crippen LogP contribution is 2.27. The van der Waals surface area contributed by atoms with Crippen LogP contribution in [-0.2, 0) is 13.5 Å². The van der Waals surface area contributed by atoms with Gasteiger partial charge in [0.1, 0.15) is 0 Å². The van der Waals surface area contributed by atoms with Crippen LogP contribution in [0, 0.1) is 0 Å². The average molecular weight is 348 g/mol. The van der Waals surface area contributed by atoms with Crippen LogP contribution < -0.4 is 5.32 Å². The predicted molar refractivity (Wildman–Crippen MR) is 98.5 cm³/mol. The summed E-state index contributed by atoms with van der Waals surface area (Å²) in [5.74, 6) is 0. The number of likely N-dealkylation sites (N-methyl/N-ethyl adjacent to an activating group) is 1. The summed E-state index contributed by atoms with van der Waals surface area (Å²) in [6.45, 7) is 9.25. The molecular weight excluding hydrogens is 316 g/mol. The zero-order chi connectivity index (χ0) is 18.0. The molecule has 1 aromatic heterocycles. The molecule has 2 aliphatic heterocycles. The van der Waals surface area contributed by atoms with Gasteiger partial charge in [-0.1, -0.05) is 0 Å². The second-order valence-electron chi connectivity index (χ2n) is 7.79. The van der Waals surface area contributed by atoms with Crippen LogP contribution >= 0.6 is 0 Å². The van der Waals surface area contributed by atoms with Gasteiger partial charge in [-0.3, -0.25) is 9.58 Å². The van der Waals surface area contributed by atoms with E-state index >= 15 is 0 Å². The van der Waals surface area contributed by atoms with Gasteiger partial charge >= 0.3 is 6.03 Å². The first-order chi connectivity index (χ1) is 11.9. The van der Waals surface area contributed by atoms with Gasteiger partial charge < -0.3 is 15.1 Å². The Hall–Kier alpha value is -1.60. The molecule has 2 saturated heterocycles. The normalized spacial score (nSPS) is 25.7. The first-order valence-electron chi connectivity index (χ1n) is 9.41. The highest BCUT2D eigenvalue weighted by molar-refractivity contribution is 5.75. The second kappa shape index (κ2) is 7.74. The lowest BCUT2D eigenvalue weighted by Gasteiger charge is -2.40. The van der Waals surface area contributed by atoms with Crippen LogP contribution in [0.4, 0.5) is 4.79 Å². The van der Waals surface area contributed by atoms with Gasteiger partial charge in [0.05, 0.1) is 12.2 Å². The lowest BCUT2D eigenvalue weighted by atomic mass is 10.00. The number of piperazine rings is 1. The number of rotatable bonds is 4. The number of amides is 2. The van der Waals surface area contributed by atoms with E-state index in [-0.39, 0.29) is 18.1 Å². The van der Waals surface area contributed by atoms with Crippen molar-refractivity contribution in [3.8, 4) is 0 Å². The molecule has 1 N–H and O–H groups in total. The van der Waals surface area contributed by atoms with Crippen molar-refractivity contribution in [1.82, 2.24) is 29.8 Å². The van der Waals surface area contributed by atoms with Crippen LogP contribution in [0.5, 0.6) is 0 Å². The third kappa shape index (κ3) is 4.33. The topological polar surface area (TPSA) is 56.6 Å². The highest BCUT2D eigenvalue weighted by atomic mass is 16.2. The largest absolute Gasteiger partial charge is 0.336 e. The van der Waals surface area contributed by atoms with E-state index < -0.39 is 0 Å². The van der Waals surface area contributed by atoms with E-state index in [1.807, 2.05) is 31.8 Å². The zero-order valence-corrected chi connectivity index (χ0v) is 16.0. The Balaban J connectivity index is 1.75. The van der Waals surface area contributed by atoms with E-state index in [0.717, 1.165) is 45.6 Å². The summed E-state index contributed by atoms with van der Waals surface area (Å²) in [6.07, 6.45) is 5.92. The summed E-state index contributed by atoms with van der Waals surface area (Å²) < 4.78 is 1.84. The number of nitrogens with one attached hydrogen (secondary N) is 1. The molecule has 0 spiro atoms. The molecule has 0 aliphatic carbocycles. The number of hydrogen-bond donors (Lipinski definition) is 1. The maximum Gasteiger partial charge on any atom is 0.317 e. The fraction of sp³-hybridized carbons (Fsp3) is 0.778. The molecule has 0 radical (unpaired) electrons. The zero-order valence-electron chi connectivity index (χ0n) is 16.0. The van der Waals surface area contributed by atoms with Gasteiger partial charge in [0.2, 0.25) is 0 Å². The Labute approximate surface area is 150 Å². The van der Waals surface area contributed by atoms with E-state index in [4.69, 9.17) is 0 Å². The highest BCUT2D eigenvalue weighted by Gasteiger charge is 2.40. The van der Waals surface area contributed by atoms with Gasteiger partial charge in [0, 0.05) is 58.1 Å². The van der Waals surface area contributed by atoms with Crippen molar-refractivity contribution in [3.05, 3.63) is 18.0 Å². The Bertz CT molecular complexity index is 578. The quantitative estimate of drug-likeness (QED) is 0.873. The number of aromatic nitrogens is 2. The van der Waals surface area contributed by atoms with E-state index in [1.54, 1.807) is 0 Å². The molecule has 7 heteroatoms. The number of likely N-dealkylation sites (tertiary alicyclic amines) is 1. The van der Waals surface area contributed by atoms with Crippen LogP contribution in [0.3, 0.4) is 0 Å². The molecule has 0 unspecified atom stereocenters. The lowest BCUT2D eigenvalue weighted by Crippen LogP contribution is -2.55. The van der Waals surface area contributed by atoms with Crippen LogP contribution in [0.1, 0.15) is 25.8 Å². The van der Waals surface area contributed by atoms with Crippen LogP contribution in [0.25, 0.3) is 0 Å². The molecule has 2 amide bonds. The van der Waals surface area contributed by atoms with Gasteiger partial charge in [0.25, 0.3) is 0 Å². The molecule has 7 nitrogen and oxygen atoms in total. The molecule has 140 valence electrons. The molecule has 3 heterocycles. The maximum atomic E-state index is 12.7. The van der Waals surface area contributed by atoms with Crippen molar-refractivity contribution >= 4 is 6.03 Å². The van der Waals surface area contributed by atoms with Gasteiger partial charge in [-0.15, -0.1) is 0 Å². The van der Waals surface area contributed by atoms with Crippen molar-refractivity contribution in [2.24, 2.45) is 7.05 Å². The minimum Gasteiger partial charge on any atom is -0.336 e. The lowest BCUT2D eigenvalue weighted by molar-refractivity contribution is 0.0908.